The van der Waals surface area contributed by atoms with Gasteiger partial charge >= 0.3 is 0 Å². The van der Waals surface area contributed by atoms with Gasteiger partial charge in [0, 0.05) is 18.7 Å². The highest BCUT2D eigenvalue weighted by Gasteiger charge is 2.47. The van der Waals surface area contributed by atoms with E-state index in [4.69, 9.17) is 14.2 Å². The number of ether oxygens (including phenoxy) is 3. The SMILES string of the molecule is Cc1ccc([C@@H]2C(=C(O)c3ccc4c(c3)OCCO4)C(=O)C(=O)N2C[C@H]2CCCO2)cc1. The third-order valence-corrected chi connectivity index (χ3v) is 6.17. The third kappa shape index (κ3) is 3.62. The number of Topliss-reactive ketones (excluding diaryl/α,β-unsaturated/α-hetero) is 1. The van der Waals surface area contributed by atoms with Gasteiger partial charge in [0.2, 0.25) is 0 Å². The first kappa shape index (κ1) is 20.6. The molecule has 7 nitrogen and oxygen atoms in total. The van der Waals surface area contributed by atoms with Gasteiger partial charge in [0.1, 0.15) is 19.0 Å². The first-order valence-electron chi connectivity index (χ1n) is 10.9. The van der Waals surface area contributed by atoms with Crippen LogP contribution in [0.1, 0.15) is 35.6 Å². The number of aryl methyl sites for hydroxylation is 1. The predicted octanol–water partition coefficient (Wildman–Crippen LogP) is 3.37. The summed E-state index contributed by atoms with van der Waals surface area (Å²) in [5.41, 5.74) is 2.32. The fraction of sp³-hybridized carbons (Fsp3) is 0.360. The van der Waals surface area contributed by atoms with Gasteiger partial charge in [-0.15, -0.1) is 0 Å². The zero-order valence-electron chi connectivity index (χ0n) is 17.9. The molecule has 0 aliphatic carbocycles. The van der Waals surface area contributed by atoms with E-state index < -0.39 is 17.7 Å². The van der Waals surface area contributed by atoms with Crippen LogP contribution in [0.2, 0.25) is 0 Å². The highest BCUT2D eigenvalue weighted by molar-refractivity contribution is 6.46. The van der Waals surface area contributed by atoms with Crippen molar-refractivity contribution in [3.8, 4) is 11.5 Å². The Morgan fingerprint density at radius 1 is 1.03 bits per heavy atom. The van der Waals surface area contributed by atoms with Crippen molar-refractivity contribution in [2.24, 2.45) is 0 Å². The summed E-state index contributed by atoms with van der Waals surface area (Å²) in [7, 11) is 0. The molecule has 2 atom stereocenters. The maximum Gasteiger partial charge on any atom is 0.295 e. The molecule has 2 fully saturated rings. The second-order valence-corrected chi connectivity index (χ2v) is 8.36. The number of likely N-dealkylation sites (tertiary alicyclic amines) is 1. The van der Waals surface area contributed by atoms with Crippen molar-refractivity contribution in [1.29, 1.82) is 0 Å². The number of rotatable bonds is 4. The number of nitrogens with zero attached hydrogens (tertiary/aromatic N) is 1. The summed E-state index contributed by atoms with van der Waals surface area (Å²) in [5, 5.41) is 11.2. The fourth-order valence-electron chi connectivity index (χ4n) is 4.52. The summed E-state index contributed by atoms with van der Waals surface area (Å²) in [6.07, 6.45) is 1.66. The maximum atomic E-state index is 13.1. The van der Waals surface area contributed by atoms with Crippen molar-refractivity contribution in [3.05, 3.63) is 64.7 Å². The van der Waals surface area contributed by atoms with Gasteiger partial charge in [-0.1, -0.05) is 29.8 Å². The number of benzene rings is 2. The minimum atomic E-state index is -0.694. The monoisotopic (exact) mass is 435 g/mol. The summed E-state index contributed by atoms with van der Waals surface area (Å²) in [5.74, 6) is -0.450. The molecule has 2 aromatic carbocycles. The largest absolute Gasteiger partial charge is 0.507 e. The normalized spacial score (nSPS) is 24.2. The van der Waals surface area contributed by atoms with Gasteiger partial charge in [-0.05, 0) is 43.5 Å². The second kappa shape index (κ2) is 8.31. The molecule has 3 heterocycles. The van der Waals surface area contributed by atoms with Crippen LogP contribution in [0, 0.1) is 6.92 Å². The van der Waals surface area contributed by atoms with E-state index in [0.717, 1.165) is 24.0 Å². The van der Waals surface area contributed by atoms with Crippen molar-refractivity contribution in [3.63, 3.8) is 0 Å². The first-order valence-corrected chi connectivity index (χ1v) is 10.9. The third-order valence-electron chi connectivity index (χ3n) is 6.17. The Balaban J connectivity index is 1.60. The van der Waals surface area contributed by atoms with Crippen LogP contribution in [-0.2, 0) is 14.3 Å². The molecule has 166 valence electrons. The van der Waals surface area contributed by atoms with Gasteiger partial charge in [0.05, 0.1) is 17.7 Å². The molecule has 1 N–H and O–H groups in total. The van der Waals surface area contributed by atoms with Crippen LogP contribution in [0.15, 0.2) is 48.0 Å². The Bertz CT molecular complexity index is 1080. The highest BCUT2D eigenvalue weighted by Crippen LogP contribution is 2.41. The van der Waals surface area contributed by atoms with E-state index in [1.807, 2.05) is 31.2 Å². The van der Waals surface area contributed by atoms with Crippen molar-refractivity contribution < 1.29 is 28.9 Å². The lowest BCUT2D eigenvalue weighted by Gasteiger charge is -2.27. The lowest BCUT2D eigenvalue weighted by molar-refractivity contribution is -0.140. The van der Waals surface area contributed by atoms with Crippen molar-refractivity contribution >= 4 is 17.4 Å². The zero-order chi connectivity index (χ0) is 22.2. The Hall–Kier alpha value is -3.32. The number of hydrogen-bond donors (Lipinski definition) is 1. The quantitative estimate of drug-likeness (QED) is 0.450. The fourth-order valence-corrected chi connectivity index (χ4v) is 4.52. The van der Waals surface area contributed by atoms with Gasteiger partial charge < -0.3 is 24.2 Å². The molecule has 0 bridgehead atoms. The predicted molar refractivity (Wildman–Crippen MR) is 117 cm³/mol. The van der Waals surface area contributed by atoms with Crippen LogP contribution in [0.5, 0.6) is 11.5 Å². The lowest BCUT2D eigenvalue weighted by Crippen LogP contribution is -2.36. The van der Waals surface area contributed by atoms with Crippen LogP contribution in [0.25, 0.3) is 5.76 Å². The van der Waals surface area contributed by atoms with E-state index in [-0.39, 0.29) is 17.4 Å². The van der Waals surface area contributed by atoms with E-state index >= 15 is 0 Å². The Morgan fingerprint density at radius 2 is 1.78 bits per heavy atom. The van der Waals surface area contributed by atoms with Gasteiger partial charge in [0.15, 0.2) is 11.5 Å². The molecule has 32 heavy (non-hydrogen) atoms. The number of aliphatic hydroxyl groups excluding tert-OH is 1. The van der Waals surface area contributed by atoms with E-state index in [1.54, 1.807) is 18.2 Å². The van der Waals surface area contributed by atoms with Crippen LogP contribution >= 0.6 is 0 Å². The number of hydrogen-bond acceptors (Lipinski definition) is 6. The molecule has 3 aliphatic rings. The Kier molecular flexibility index (Phi) is 5.35. The molecule has 0 saturated carbocycles. The topological polar surface area (TPSA) is 85.3 Å². The molecule has 0 unspecified atom stereocenters. The van der Waals surface area contributed by atoms with Crippen molar-refractivity contribution in [1.82, 2.24) is 4.90 Å². The molecule has 0 spiro atoms. The minimum Gasteiger partial charge on any atom is -0.507 e. The second-order valence-electron chi connectivity index (χ2n) is 8.36. The number of aliphatic hydroxyl groups is 1. The van der Waals surface area contributed by atoms with Crippen LogP contribution in [-0.4, -0.2) is 54.2 Å². The number of amides is 1. The molecule has 2 aromatic rings. The van der Waals surface area contributed by atoms with E-state index in [1.165, 1.54) is 4.90 Å². The summed E-state index contributed by atoms with van der Waals surface area (Å²) in [6, 6.07) is 12.0. The Labute approximate surface area is 186 Å². The Morgan fingerprint density at radius 3 is 2.50 bits per heavy atom. The van der Waals surface area contributed by atoms with Crippen molar-refractivity contribution in [2.75, 3.05) is 26.4 Å². The molecule has 7 heteroatoms. The number of ketones is 1. The van der Waals surface area contributed by atoms with Gasteiger partial charge in [-0.3, -0.25) is 9.59 Å². The average molecular weight is 435 g/mol. The highest BCUT2D eigenvalue weighted by atomic mass is 16.6. The number of carbonyl (C=O) groups is 2. The van der Waals surface area contributed by atoms with Crippen LogP contribution in [0.4, 0.5) is 0 Å². The van der Waals surface area contributed by atoms with Gasteiger partial charge in [-0.2, -0.15) is 0 Å². The molecule has 0 aromatic heterocycles. The summed E-state index contributed by atoms with van der Waals surface area (Å²) >= 11 is 0. The average Bonchev–Trinajstić information content (AvgIpc) is 3.41. The smallest absolute Gasteiger partial charge is 0.295 e. The lowest BCUT2D eigenvalue weighted by atomic mass is 9.94. The summed E-state index contributed by atoms with van der Waals surface area (Å²) in [4.78, 5) is 27.7. The van der Waals surface area contributed by atoms with E-state index in [0.29, 0.717) is 43.4 Å². The van der Waals surface area contributed by atoms with Crippen molar-refractivity contribution in [2.45, 2.75) is 31.9 Å². The molecule has 3 aliphatic heterocycles. The van der Waals surface area contributed by atoms with Gasteiger partial charge in [-0.25, -0.2) is 0 Å². The molecule has 0 radical (unpaired) electrons. The van der Waals surface area contributed by atoms with Crippen LogP contribution < -0.4 is 9.47 Å². The number of fused-ring (bicyclic) bond motifs is 1. The van der Waals surface area contributed by atoms with Gasteiger partial charge in [0.25, 0.3) is 11.7 Å². The minimum absolute atomic E-state index is 0.0773. The standard InChI is InChI=1S/C25H25NO6/c1-15-4-6-16(7-5-15)22-21(24(28)25(29)26(22)14-18-3-2-10-30-18)23(27)17-8-9-19-20(13-17)32-12-11-31-19/h4-9,13,18,22,27H,2-3,10-12,14H2,1H3/t18-,22-/m1/s1. The van der Waals surface area contributed by atoms with Crippen LogP contribution in [0.3, 0.4) is 0 Å². The molecular weight excluding hydrogens is 410 g/mol. The maximum absolute atomic E-state index is 13.1. The molecule has 1 amide bonds. The van der Waals surface area contributed by atoms with E-state index in [2.05, 4.69) is 0 Å². The number of carbonyl (C=O) groups excluding carboxylic acids is 2. The molecular formula is C25H25NO6. The summed E-state index contributed by atoms with van der Waals surface area (Å²) in [6.45, 7) is 3.80. The zero-order valence-corrected chi connectivity index (χ0v) is 17.9. The molecule has 5 rings (SSSR count). The summed E-state index contributed by atoms with van der Waals surface area (Å²) < 4.78 is 16.9. The molecule has 2 saturated heterocycles. The van der Waals surface area contributed by atoms with E-state index in [9.17, 15) is 14.7 Å². The first-order chi connectivity index (χ1) is 15.5.